The van der Waals surface area contributed by atoms with Gasteiger partial charge in [-0.25, -0.2) is 9.97 Å². The predicted molar refractivity (Wildman–Crippen MR) is 160 cm³/mol. The number of aryl methyl sites for hydroxylation is 1. The standard InChI is InChI=1S/C31H38N6O2/c1-8-31(38)34-26-17-22(29(39-7)19-28(26)36(5)16-15-35(4)21(2)3)18-30-32-14-13-25(33-30)24-20-37(6)27-12-10-9-11-23(24)27/h8-14,17,19-21H,1,15-16,18H2,2-7H3,(H,34,38). The fraction of sp³-hybridized carbons (Fsp3) is 0.323. The van der Waals surface area contributed by atoms with Crippen molar-refractivity contribution in [2.45, 2.75) is 26.3 Å². The number of likely N-dealkylation sites (N-methyl/N-ethyl adjacent to an activating group) is 2. The van der Waals surface area contributed by atoms with Gasteiger partial charge in [0.25, 0.3) is 0 Å². The molecular weight excluding hydrogens is 488 g/mol. The third-order valence-electron chi connectivity index (χ3n) is 7.15. The van der Waals surface area contributed by atoms with Gasteiger partial charge >= 0.3 is 0 Å². The van der Waals surface area contributed by atoms with Crippen LogP contribution in [0.15, 0.2) is 67.5 Å². The lowest BCUT2D eigenvalue weighted by Crippen LogP contribution is -2.35. The number of benzene rings is 2. The Morgan fingerprint density at radius 2 is 1.95 bits per heavy atom. The first kappa shape index (κ1) is 27.9. The van der Waals surface area contributed by atoms with E-state index in [4.69, 9.17) is 9.72 Å². The van der Waals surface area contributed by atoms with Gasteiger partial charge in [0.2, 0.25) is 5.91 Å². The summed E-state index contributed by atoms with van der Waals surface area (Å²) in [6.07, 6.45) is 5.61. The first-order valence-electron chi connectivity index (χ1n) is 13.1. The van der Waals surface area contributed by atoms with E-state index >= 15 is 0 Å². The number of ether oxygens (including phenoxy) is 1. The number of carbonyl (C=O) groups is 1. The molecule has 0 unspecified atom stereocenters. The van der Waals surface area contributed by atoms with E-state index in [1.165, 1.54) is 6.08 Å². The van der Waals surface area contributed by atoms with Crippen LogP contribution in [-0.4, -0.2) is 65.7 Å². The van der Waals surface area contributed by atoms with Crippen molar-refractivity contribution in [3.63, 3.8) is 0 Å². The SMILES string of the molecule is C=CC(=O)Nc1cc(Cc2nccc(-c3cn(C)c4ccccc34)n2)c(OC)cc1N(C)CCN(C)C(C)C. The molecule has 0 atom stereocenters. The maximum atomic E-state index is 12.3. The Labute approximate surface area is 230 Å². The Bertz CT molecular complexity index is 1480. The smallest absolute Gasteiger partial charge is 0.247 e. The second kappa shape index (κ2) is 12.1. The molecule has 2 aromatic heterocycles. The zero-order valence-electron chi connectivity index (χ0n) is 23.7. The fourth-order valence-corrected chi connectivity index (χ4v) is 4.58. The van der Waals surface area contributed by atoms with Gasteiger partial charge in [-0.2, -0.15) is 0 Å². The van der Waals surface area contributed by atoms with E-state index in [9.17, 15) is 4.79 Å². The summed E-state index contributed by atoms with van der Waals surface area (Å²) in [6.45, 7) is 9.62. The van der Waals surface area contributed by atoms with E-state index in [1.54, 1.807) is 13.3 Å². The Balaban J connectivity index is 1.68. The van der Waals surface area contributed by atoms with Gasteiger partial charge in [-0.05, 0) is 45.2 Å². The highest BCUT2D eigenvalue weighted by molar-refractivity contribution is 6.01. The van der Waals surface area contributed by atoms with Gasteiger partial charge in [0, 0.05) is 80.1 Å². The lowest BCUT2D eigenvalue weighted by molar-refractivity contribution is -0.111. The van der Waals surface area contributed by atoms with Crippen molar-refractivity contribution in [2.24, 2.45) is 7.05 Å². The van der Waals surface area contributed by atoms with Crippen molar-refractivity contribution in [1.82, 2.24) is 19.4 Å². The Morgan fingerprint density at radius 3 is 2.67 bits per heavy atom. The van der Waals surface area contributed by atoms with Crippen LogP contribution in [0.3, 0.4) is 0 Å². The highest BCUT2D eigenvalue weighted by Crippen LogP contribution is 2.35. The molecule has 0 radical (unpaired) electrons. The normalized spacial score (nSPS) is 11.3. The van der Waals surface area contributed by atoms with E-state index in [0.717, 1.165) is 46.5 Å². The van der Waals surface area contributed by atoms with Gasteiger partial charge in [-0.15, -0.1) is 0 Å². The van der Waals surface area contributed by atoms with Crippen molar-refractivity contribution < 1.29 is 9.53 Å². The first-order chi connectivity index (χ1) is 18.7. The van der Waals surface area contributed by atoms with Crippen LogP contribution in [0.4, 0.5) is 11.4 Å². The fourth-order valence-electron chi connectivity index (χ4n) is 4.58. The number of methoxy groups -OCH3 is 1. The average molecular weight is 527 g/mol. The van der Waals surface area contributed by atoms with Crippen LogP contribution in [0.2, 0.25) is 0 Å². The molecule has 39 heavy (non-hydrogen) atoms. The van der Waals surface area contributed by atoms with Crippen molar-refractivity contribution >= 4 is 28.2 Å². The van der Waals surface area contributed by atoms with Crippen molar-refractivity contribution in [2.75, 3.05) is 44.5 Å². The van der Waals surface area contributed by atoms with Gasteiger partial charge in [0.15, 0.2) is 0 Å². The molecule has 0 fully saturated rings. The molecule has 2 aromatic carbocycles. The van der Waals surface area contributed by atoms with Gasteiger partial charge in [0.05, 0.1) is 24.2 Å². The molecule has 0 saturated carbocycles. The third kappa shape index (κ3) is 6.29. The number of amides is 1. The van der Waals surface area contributed by atoms with Gasteiger partial charge < -0.3 is 24.4 Å². The second-order valence-electron chi connectivity index (χ2n) is 10.1. The highest BCUT2D eigenvalue weighted by atomic mass is 16.5. The van der Waals surface area contributed by atoms with Crippen molar-refractivity contribution in [1.29, 1.82) is 0 Å². The molecule has 1 N–H and O–H groups in total. The van der Waals surface area contributed by atoms with Crippen LogP contribution in [0, 0.1) is 0 Å². The number of aromatic nitrogens is 3. The van der Waals surface area contributed by atoms with Crippen LogP contribution in [0.5, 0.6) is 5.75 Å². The first-order valence-corrected chi connectivity index (χ1v) is 13.1. The summed E-state index contributed by atoms with van der Waals surface area (Å²) >= 11 is 0. The molecule has 0 saturated heterocycles. The summed E-state index contributed by atoms with van der Waals surface area (Å²) in [4.78, 5) is 26.2. The molecule has 1 amide bonds. The van der Waals surface area contributed by atoms with Crippen LogP contribution < -0.4 is 15.0 Å². The number of rotatable bonds is 11. The minimum Gasteiger partial charge on any atom is -0.496 e. The minimum absolute atomic E-state index is 0.269. The maximum Gasteiger partial charge on any atom is 0.247 e. The van der Waals surface area contributed by atoms with Crippen molar-refractivity contribution in [3.8, 4) is 17.0 Å². The molecular formula is C31H38N6O2. The monoisotopic (exact) mass is 526 g/mol. The molecule has 0 aliphatic carbocycles. The average Bonchev–Trinajstić information content (AvgIpc) is 3.28. The molecule has 2 heterocycles. The van der Waals surface area contributed by atoms with E-state index in [1.807, 2.05) is 44.4 Å². The summed E-state index contributed by atoms with van der Waals surface area (Å²) < 4.78 is 7.91. The Morgan fingerprint density at radius 1 is 1.18 bits per heavy atom. The molecule has 0 spiro atoms. The molecule has 0 bridgehead atoms. The number of fused-ring (bicyclic) bond motifs is 1. The van der Waals surface area contributed by atoms with Gasteiger partial charge in [0.1, 0.15) is 11.6 Å². The van der Waals surface area contributed by atoms with E-state index < -0.39 is 0 Å². The van der Waals surface area contributed by atoms with E-state index in [2.05, 4.69) is 70.5 Å². The van der Waals surface area contributed by atoms with E-state index in [0.29, 0.717) is 29.7 Å². The molecule has 4 rings (SSSR count). The number of carbonyl (C=O) groups excluding carboxylic acids is 1. The summed E-state index contributed by atoms with van der Waals surface area (Å²) in [5, 5.41) is 4.12. The molecule has 0 aliphatic rings. The summed E-state index contributed by atoms with van der Waals surface area (Å²) in [7, 11) is 7.82. The number of anilines is 2. The molecule has 4 aromatic rings. The zero-order chi connectivity index (χ0) is 28.1. The predicted octanol–water partition coefficient (Wildman–Crippen LogP) is 5.14. The lowest BCUT2D eigenvalue weighted by Gasteiger charge is -2.28. The number of hydrogen-bond donors (Lipinski definition) is 1. The van der Waals surface area contributed by atoms with Gasteiger partial charge in [-0.3, -0.25) is 4.79 Å². The van der Waals surface area contributed by atoms with E-state index in [-0.39, 0.29) is 5.91 Å². The highest BCUT2D eigenvalue weighted by Gasteiger charge is 2.18. The van der Waals surface area contributed by atoms with Crippen LogP contribution >= 0.6 is 0 Å². The molecule has 204 valence electrons. The molecule has 8 nitrogen and oxygen atoms in total. The zero-order valence-corrected chi connectivity index (χ0v) is 23.7. The largest absolute Gasteiger partial charge is 0.496 e. The third-order valence-corrected chi connectivity index (χ3v) is 7.15. The quantitative estimate of drug-likeness (QED) is 0.273. The van der Waals surface area contributed by atoms with Crippen LogP contribution in [-0.2, 0) is 18.3 Å². The topological polar surface area (TPSA) is 75.5 Å². The van der Waals surface area contributed by atoms with Crippen LogP contribution in [0.25, 0.3) is 22.2 Å². The Hall–Kier alpha value is -4.17. The second-order valence-corrected chi connectivity index (χ2v) is 10.1. The number of nitrogens with one attached hydrogen (secondary N) is 1. The minimum atomic E-state index is -0.269. The number of nitrogens with zero attached hydrogens (tertiary/aromatic N) is 5. The van der Waals surface area contributed by atoms with Crippen molar-refractivity contribution in [3.05, 3.63) is 78.9 Å². The molecule has 8 heteroatoms. The number of para-hydroxylation sites is 1. The van der Waals surface area contributed by atoms with Crippen LogP contribution in [0.1, 0.15) is 25.2 Å². The Kier molecular flexibility index (Phi) is 8.66. The number of hydrogen-bond acceptors (Lipinski definition) is 6. The molecule has 0 aliphatic heterocycles. The van der Waals surface area contributed by atoms with Gasteiger partial charge in [-0.1, -0.05) is 24.8 Å². The summed E-state index contributed by atoms with van der Waals surface area (Å²) in [6, 6.07) is 14.6. The summed E-state index contributed by atoms with van der Waals surface area (Å²) in [5.74, 6) is 1.11. The lowest BCUT2D eigenvalue weighted by atomic mass is 10.1. The maximum absolute atomic E-state index is 12.3. The summed E-state index contributed by atoms with van der Waals surface area (Å²) in [5.41, 5.74) is 5.51.